The summed E-state index contributed by atoms with van der Waals surface area (Å²) in [7, 11) is 3.25. The number of nitrogens with one attached hydrogen (secondary N) is 2. The Bertz CT molecular complexity index is 1240. The first-order valence-electron chi connectivity index (χ1n) is 12.4. The summed E-state index contributed by atoms with van der Waals surface area (Å²) in [6.45, 7) is 3.14. The van der Waals surface area contributed by atoms with Gasteiger partial charge < -0.3 is 25.8 Å². The van der Waals surface area contributed by atoms with E-state index in [1.54, 1.807) is 32.5 Å². The van der Waals surface area contributed by atoms with Gasteiger partial charge in [-0.2, -0.15) is 0 Å². The zero-order chi connectivity index (χ0) is 27.9. The highest BCUT2D eigenvalue weighted by molar-refractivity contribution is 5.97. The number of nitrogens with zero attached hydrogens (tertiary/aromatic N) is 3. The van der Waals surface area contributed by atoms with Crippen LogP contribution in [0.5, 0.6) is 0 Å². The second kappa shape index (κ2) is 12.5. The standard InChI is InChI=1S/C28H35FN6O3/c1-28(2,30)27(38)32-22(12-8-11-19-9-6-5-7-10-19)25(36)33-23-17-35(18-31-23)24(26(37)34(3)4)20-13-15-21(29)16-14-20/h5-7,9-10,13-18,22,24H,8,11-12,30H2,1-4H3,(H,32,38)(H,33,36)/t22-,24?/m1/s1. The largest absolute Gasteiger partial charge is 0.347 e. The minimum absolute atomic E-state index is 0.211. The Hall–Kier alpha value is -4.05. The van der Waals surface area contributed by atoms with E-state index in [1.165, 1.54) is 41.7 Å². The van der Waals surface area contributed by atoms with Crippen LogP contribution in [0.3, 0.4) is 0 Å². The van der Waals surface area contributed by atoms with Crippen molar-refractivity contribution in [2.75, 3.05) is 19.4 Å². The molecule has 1 unspecified atom stereocenters. The summed E-state index contributed by atoms with van der Waals surface area (Å²) in [6, 6.07) is 13.9. The number of halogens is 1. The third kappa shape index (κ3) is 7.72. The van der Waals surface area contributed by atoms with Crippen molar-refractivity contribution in [2.24, 2.45) is 5.73 Å². The molecule has 38 heavy (non-hydrogen) atoms. The van der Waals surface area contributed by atoms with E-state index in [0.717, 1.165) is 12.0 Å². The molecule has 2 aromatic carbocycles. The summed E-state index contributed by atoms with van der Waals surface area (Å²) in [5.74, 6) is -1.34. The summed E-state index contributed by atoms with van der Waals surface area (Å²) < 4.78 is 15.0. The summed E-state index contributed by atoms with van der Waals surface area (Å²) >= 11 is 0. The number of likely N-dealkylation sites (N-methyl/N-ethyl adjacent to an activating group) is 1. The molecule has 0 aliphatic rings. The van der Waals surface area contributed by atoms with Crippen molar-refractivity contribution in [3.63, 3.8) is 0 Å². The number of carbonyl (C=O) groups excluding carboxylic acids is 3. The van der Waals surface area contributed by atoms with E-state index in [4.69, 9.17) is 5.73 Å². The molecule has 9 nitrogen and oxygen atoms in total. The van der Waals surface area contributed by atoms with Crippen LogP contribution in [-0.4, -0.2) is 57.8 Å². The van der Waals surface area contributed by atoms with Crippen molar-refractivity contribution >= 4 is 23.5 Å². The van der Waals surface area contributed by atoms with Crippen molar-refractivity contribution in [3.8, 4) is 0 Å². The van der Waals surface area contributed by atoms with E-state index in [1.807, 2.05) is 30.3 Å². The number of anilines is 1. The van der Waals surface area contributed by atoms with Gasteiger partial charge in [0.15, 0.2) is 5.82 Å². The molecule has 0 radical (unpaired) electrons. The highest BCUT2D eigenvalue weighted by atomic mass is 19.1. The number of aromatic nitrogens is 2. The smallest absolute Gasteiger partial charge is 0.249 e. The third-order valence-electron chi connectivity index (χ3n) is 6.02. The lowest BCUT2D eigenvalue weighted by Gasteiger charge is -2.24. The van der Waals surface area contributed by atoms with Crippen molar-refractivity contribution in [1.29, 1.82) is 0 Å². The molecule has 2 atom stereocenters. The summed E-state index contributed by atoms with van der Waals surface area (Å²) in [4.78, 5) is 44.4. The van der Waals surface area contributed by atoms with Crippen molar-refractivity contribution < 1.29 is 18.8 Å². The van der Waals surface area contributed by atoms with Gasteiger partial charge in [-0.1, -0.05) is 42.5 Å². The molecule has 202 valence electrons. The van der Waals surface area contributed by atoms with E-state index in [-0.39, 0.29) is 11.7 Å². The van der Waals surface area contributed by atoms with Crippen LogP contribution < -0.4 is 16.4 Å². The monoisotopic (exact) mass is 522 g/mol. The molecule has 0 saturated heterocycles. The molecule has 3 amide bonds. The number of benzene rings is 2. The first-order valence-corrected chi connectivity index (χ1v) is 12.4. The van der Waals surface area contributed by atoms with Crippen LogP contribution >= 0.6 is 0 Å². The highest BCUT2D eigenvalue weighted by Crippen LogP contribution is 2.22. The molecule has 1 heterocycles. The number of rotatable bonds is 11. The molecular weight excluding hydrogens is 487 g/mol. The van der Waals surface area contributed by atoms with E-state index in [9.17, 15) is 18.8 Å². The molecule has 10 heteroatoms. The number of carbonyl (C=O) groups is 3. The average molecular weight is 523 g/mol. The van der Waals surface area contributed by atoms with Crippen molar-refractivity contribution in [3.05, 3.63) is 84.1 Å². The lowest BCUT2D eigenvalue weighted by molar-refractivity contribution is -0.131. The van der Waals surface area contributed by atoms with Gasteiger partial charge in [-0.3, -0.25) is 14.4 Å². The molecule has 4 N–H and O–H groups in total. The lowest BCUT2D eigenvalue weighted by Crippen LogP contribution is -2.54. The lowest BCUT2D eigenvalue weighted by atomic mass is 10.0. The van der Waals surface area contributed by atoms with Gasteiger partial charge in [-0.25, -0.2) is 9.37 Å². The van der Waals surface area contributed by atoms with E-state index >= 15 is 0 Å². The Morgan fingerprint density at radius 2 is 1.74 bits per heavy atom. The first-order chi connectivity index (χ1) is 18.0. The van der Waals surface area contributed by atoms with Gasteiger partial charge >= 0.3 is 0 Å². The Labute approximate surface area is 222 Å². The van der Waals surface area contributed by atoms with E-state index in [2.05, 4.69) is 15.6 Å². The van der Waals surface area contributed by atoms with Crippen LogP contribution in [-0.2, 0) is 20.8 Å². The van der Waals surface area contributed by atoms with Crippen LogP contribution in [0.1, 0.15) is 43.9 Å². The normalized spacial score (nSPS) is 12.9. The van der Waals surface area contributed by atoms with Crippen LogP contribution in [0.2, 0.25) is 0 Å². The number of nitrogens with two attached hydrogens (primary N) is 1. The fourth-order valence-electron chi connectivity index (χ4n) is 3.86. The predicted octanol–water partition coefficient (Wildman–Crippen LogP) is 2.88. The number of imidazole rings is 1. The molecule has 0 saturated carbocycles. The van der Waals surface area contributed by atoms with Gasteiger partial charge in [0.1, 0.15) is 17.9 Å². The van der Waals surface area contributed by atoms with Crippen LogP contribution in [0, 0.1) is 5.82 Å². The quantitative estimate of drug-likeness (QED) is 0.357. The second-order valence-corrected chi connectivity index (χ2v) is 10.0. The van der Waals surface area contributed by atoms with Gasteiger partial charge in [0.25, 0.3) is 0 Å². The summed E-state index contributed by atoms with van der Waals surface area (Å²) in [6.07, 6.45) is 4.75. The first kappa shape index (κ1) is 28.5. The van der Waals surface area contributed by atoms with Gasteiger partial charge in [-0.05, 0) is 56.4 Å². The topological polar surface area (TPSA) is 122 Å². The van der Waals surface area contributed by atoms with Crippen LogP contribution in [0.4, 0.5) is 10.2 Å². The Balaban J connectivity index is 1.77. The molecule has 3 aromatic rings. The number of hydrogen-bond donors (Lipinski definition) is 3. The Morgan fingerprint density at radius 3 is 2.34 bits per heavy atom. The fourth-order valence-corrected chi connectivity index (χ4v) is 3.86. The SMILES string of the molecule is CN(C)C(=O)C(c1ccc(F)cc1)n1cnc(NC(=O)[C@@H](CCCc2ccccc2)NC(=O)C(C)(C)N)c1. The predicted molar refractivity (Wildman–Crippen MR) is 144 cm³/mol. The zero-order valence-electron chi connectivity index (χ0n) is 22.1. The summed E-state index contributed by atoms with van der Waals surface area (Å²) in [5.41, 5.74) is 6.48. The van der Waals surface area contributed by atoms with Gasteiger partial charge in [0.05, 0.1) is 11.9 Å². The van der Waals surface area contributed by atoms with Gasteiger partial charge in [0.2, 0.25) is 17.7 Å². The molecule has 0 aliphatic heterocycles. The van der Waals surface area contributed by atoms with Gasteiger partial charge in [-0.15, -0.1) is 0 Å². The molecule has 0 spiro atoms. The molecule has 0 aliphatic carbocycles. The molecule has 1 aromatic heterocycles. The Morgan fingerprint density at radius 1 is 1.08 bits per heavy atom. The third-order valence-corrected chi connectivity index (χ3v) is 6.02. The average Bonchev–Trinajstić information content (AvgIpc) is 3.32. The van der Waals surface area contributed by atoms with Crippen LogP contribution in [0.25, 0.3) is 0 Å². The maximum atomic E-state index is 13.5. The van der Waals surface area contributed by atoms with Gasteiger partial charge in [0, 0.05) is 20.3 Å². The van der Waals surface area contributed by atoms with E-state index in [0.29, 0.717) is 18.4 Å². The molecule has 3 rings (SSSR count). The number of hydrogen-bond acceptors (Lipinski definition) is 5. The van der Waals surface area contributed by atoms with Crippen molar-refractivity contribution in [1.82, 2.24) is 19.8 Å². The highest BCUT2D eigenvalue weighted by Gasteiger charge is 2.29. The summed E-state index contributed by atoms with van der Waals surface area (Å²) in [5, 5.41) is 5.49. The minimum Gasteiger partial charge on any atom is -0.347 e. The maximum absolute atomic E-state index is 13.5. The van der Waals surface area contributed by atoms with E-state index < -0.39 is 35.3 Å². The second-order valence-electron chi connectivity index (χ2n) is 10.0. The molecular formula is C28H35FN6O3. The van der Waals surface area contributed by atoms with Crippen molar-refractivity contribution in [2.45, 2.75) is 50.7 Å². The number of amides is 3. The van der Waals surface area contributed by atoms with Crippen LogP contribution in [0.15, 0.2) is 67.1 Å². The zero-order valence-corrected chi connectivity index (χ0v) is 22.1. The molecule has 0 fully saturated rings. The number of aryl methyl sites for hydroxylation is 1. The Kier molecular flexibility index (Phi) is 9.35. The molecule has 0 bridgehead atoms. The minimum atomic E-state index is -1.16. The fraction of sp³-hybridized carbons (Fsp3) is 0.357. The maximum Gasteiger partial charge on any atom is 0.249 e.